The van der Waals surface area contributed by atoms with Crippen LogP contribution in [0.4, 0.5) is 0 Å². The molecule has 0 bridgehead atoms. The summed E-state index contributed by atoms with van der Waals surface area (Å²) in [6, 6.07) is 4.28. The van der Waals surface area contributed by atoms with Gasteiger partial charge in [0.05, 0.1) is 5.88 Å². The summed E-state index contributed by atoms with van der Waals surface area (Å²) in [6.07, 6.45) is 0. The van der Waals surface area contributed by atoms with E-state index in [0.717, 1.165) is 5.56 Å². The first-order chi connectivity index (χ1) is 6.15. The summed E-state index contributed by atoms with van der Waals surface area (Å²) in [6.45, 7) is 6.28. The van der Waals surface area contributed by atoms with Crippen molar-refractivity contribution in [1.82, 2.24) is 0 Å². The van der Waals surface area contributed by atoms with Gasteiger partial charge in [0, 0.05) is 5.56 Å². The Kier molecular flexibility index (Phi) is 3.39. The minimum atomic E-state index is 0.395. The quantitative estimate of drug-likeness (QED) is 0.438. The second kappa shape index (κ2) is 4.35. The highest BCUT2D eigenvalue weighted by Gasteiger charge is 1.98. The van der Waals surface area contributed by atoms with Crippen molar-refractivity contribution in [2.45, 2.75) is 20.8 Å². The van der Waals surface area contributed by atoms with Crippen LogP contribution in [0.15, 0.2) is 12.1 Å². The van der Waals surface area contributed by atoms with Crippen molar-refractivity contribution in [2.24, 2.45) is 0 Å². The molecule has 0 nitrogen and oxygen atoms in total. The van der Waals surface area contributed by atoms with Gasteiger partial charge in [0.25, 0.3) is 0 Å². The number of alkyl halides is 1. The number of halogens is 1. The maximum Gasteiger partial charge on any atom is 0.0839 e. The molecule has 0 aromatic heterocycles. The molecule has 0 aliphatic rings. The summed E-state index contributed by atoms with van der Waals surface area (Å²) in [5, 5.41) is 0. The van der Waals surface area contributed by atoms with Crippen LogP contribution in [0.2, 0.25) is 0 Å². The van der Waals surface area contributed by atoms with Crippen LogP contribution in [0, 0.1) is 32.6 Å². The zero-order valence-electron chi connectivity index (χ0n) is 8.24. The van der Waals surface area contributed by atoms with E-state index in [1.807, 2.05) is 0 Å². The maximum absolute atomic E-state index is 5.50. The molecule has 0 aliphatic carbocycles. The fourth-order valence-electron chi connectivity index (χ4n) is 1.22. The highest BCUT2D eigenvalue weighted by molar-refractivity contribution is 6.19. The lowest BCUT2D eigenvalue weighted by Crippen LogP contribution is -1.88. The third kappa shape index (κ3) is 2.50. The van der Waals surface area contributed by atoms with Gasteiger partial charge in [-0.2, -0.15) is 0 Å². The highest BCUT2D eigenvalue weighted by Crippen LogP contribution is 2.13. The van der Waals surface area contributed by atoms with Gasteiger partial charge < -0.3 is 0 Å². The van der Waals surface area contributed by atoms with Crippen LogP contribution in [0.25, 0.3) is 0 Å². The summed E-state index contributed by atoms with van der Waals surface area (Å²) in [7, 11) is 0. The molecule has 0 fully saturated rings. The van der Waals surface area contributed by atoms with Crippen molar-refractivity contribution >= 4 is 11.6 Å². The topological polar surface area (TPSA) is 0 Å². The van der Waals surface area contributed by atoms with Crippen molar-refractivity contribution in [3.63, 3.8) is 0 Å². The van der Waals surface area contributed by atoms with Gasteiger partial charge in [-0.25, -0.2) is 0 Å². The molecule has 1 aromatic rings. The van der Waals surface area contributed by atoms with Gasteiger partial charge in [-0.05, 0) is 43.5 Å². The maximum atomic E-state index is 5.50. The zero-order valence-corrected chi connectivity index (χ0v) is 9.00. The Morgan fingerprint density at radius 3 is 2.31 bits per heavy atom. The Balaban J connectivity index is 3.16. The summed E-state index contributed by atoms with van der Waals surface area (Å²) >= 11 is 5.50. The van der Waals surface area contributed by atoms with Crippen molar-refractivity contribution in [3.8, 4) is 11.8 Å². The lowest BCUT2D eigenvalue weighted by atomic mass is 10.0. The van der Waals surface area contributed by atoms with Crippen molar-refractivity contribution < 1.29 is 0 Å². The Morgan fingerprint density at radius 2 is 1.69 bits per heavy atom. The van der Waals surface area contributed by atoms with Crippen LogP contribution in [0.3, 0.4) is 0 Å². The van der Waals surface area contributed by atoms with E-state index in [-0.39, 0.29) is 0 Å². The Morgan fingerprint density at radius 1 is 1.08 bits per heavy atom. The second-order valence-electron chi connectivity index (χ2n) is 3.19. The fourth-order valence-corrected chi connectivity index (χ4v) is 1.29. The Hall–Kier alpha value is -0.930. The highest BCUT2D eigenvalue weighted by atomic mass is 35.5. The fraction of sp³-hybridized carbons (Fsp3) is 0.333. The van der Waals surface area contributed by atoms with Crippen molar-refractivity contribution in [2.75, 3.05) is 5.88 Å². The number of hydrogen-bond acceptors (Lipinski definition) is 0. The second-order valence-corrected chi connectivity index (χ2v) is 3.45. The smallest absolute Gasteiger partial charge is 0.0839 e. The molecule has 1 rings (SSSR count). The molecular weight excluding hydrogens is 180 g/mol. The van der Waals surface area contributed by atoms with Crippen LogP contribution in [0.5, 0.6) is 0 Å². The van der Waals surface area contributed by atoms with Gasteiger partial charge in [-0.3, -0.25) is 0 Å². The zero-order chi connectivity index (χ0) is 9.84. The van der Waals surface area contributed by atoms with Crippen LogP contribution in [-0.4, -0.2) is 5.88 Å². The largest absolute Gasteiger partial charge is 0.113 e. The van der Waals surface area contributed by atoms with Gasteiger partial charge >= 0.3 is 0 Å². The van der Waals surface area contributed by atoms with E-state index < -0.39 is 0 Å². The van der Waals surface area contributed by atoms with Crippen molar-refractivity contribution in [1.29, 1.82) is 0 Å². The van der Waals surface area contributed by atoms with E-state index in [9.17, 15) is 0 Å². The Bertz CT molecular complexity index is 367. The molecule has 0 N–H and O–H groups in total. The van der Waals surface area contributed by atoms with Crippen molar-refractivity contribution in [3.05, 3.63) is 34.4 Å². The first-order valence-corrected chi connectivity index (χ1v) is 4.81. The number of rotatable bonds is 0. The number of benzene rings is 1. The molecule has 1 heteroatoms. The summed E-state index contributed by atoms with van der Waals surface area (Å²) < 4.78 is 0. The molecule has 0 radical (unpaired) electrons. The molecule has 0 aliphatic heterocycles. The number of aryl methyl sites for hydroxylation is 3. The molecule has 0 atom stereocenters. The average Bonchev–Trinajstić information content (AvgIpc) is 2.09. The van der Waals surface area contributed by atoms with E-state index in [1.54, 1.807) is 0 Å². The van der Waals surface area contributed by atoms with Crippen LogP contribution in [-0.2, 0) is 0 Å². The average molecular weight is 193 g/mol. The standard InChI is InChI=1S/C12H13Cl/c1-9-7-11(3)12(5-4-6-13)8-10(9)2/h7-8H,6H2,1-3H3. The monoisotopic (exact) mass is 192 g/mol. The van der Waals surface area contributed by atoms with Crippen LogP contribution >= 0.6 is 11.6 Å². The molecule has 0 heterocycles. The van der Waals surface area contributed by atoms with Gasteiger partial charge in [-0.1, -0.05) is 17.9 Å². The van der Waals surface area contributed by atoms with E-state index in [4.69, 9.17) is 11.6 Å². The Labute approximate surface area is 84.9 Å². The first kappa shape index (κ1) is 10.2. The third-order valence-electron chi connectivity index (χ3n) is 2.13. The normalized spacial score (nSPS) is 9.23. The third-order valence-corrected chi connectivity index (χ3v) is 2.26. The van der Waals surface area contributed by atoms with Gasteiger partial charge in [0.1, 0.15) is 0 Å². The van der Waals surface area contributed by atoms with Gasteiger partial charge in [0.15, 0.2) is 0 Å². The summed E-state index contributed by atoms with van der Waals surface area (Å²) in [4.78, 5) is 0. The molecule has 68 valence electrons. The van der Waals surface area contributed by atoms with E-state index in [0.29, 0.717) is 5.88 Å². The molecule has 0 saturated heterocycles. The molecule has 0 unspecified atom stereocenters. The molecule has 1 aromatic carbocycles. The predicted molar refractivity (Wildman–Crippen MR) is 58.3 cm³/mol. The van der Waals surface area contributed by atoms with Crippen LogP contribution in [0.1, 0.15) is 22.3 Å². The SMILES string of the molecule is Cc1cc(C)c(C#CCCl)cc1C. The summed E-state index contributed by atoms with van der Waals surface area (Å²) in [5.41, 5.74) is 4.91. The molecule has 13 heavy (non-hydrogen) atoms. The van der Waals surface area contributed by atoms with Gasteiger partial charge in [-0.15, -0.1) is 11.6 Å². The summed E-state index contributed by atoms with van der Waals surface area (Å²) in [5.74, 6) is 6.31. The minimum Gasteiger partial charge on any atom is -0.113 e. The van der Waals surface area contributed by atoms with E-state index in [1.165, 1.54) is 16.7 Å². The van der Waals surface area contributed by atoms with E-state index >= 15 is 0 Å². The number of hydrogen-bond donors (Lipinski definition) is 0. The lowest BCUT2D eigenvalue weighted by molar-refractivity contribution is 1.28. The first-order valence-electron chi connectivity index (χ1n) is 4.28. The van der Waals surface area contributed by atoms with Gasteiger partial charge in [0.2, 0.25) is 0 Å². The molecule has 0 saturated carbocycles. The molecule has 0 amide bonds. The van der Waals surface area contributed by atoms with Crippen LogP contribution < -0.4 is 0 Å². The minimum absolute atomic E-state index is 0.395. The predicted octanol–water partition coefficient (Wildman–Crippen LogP) is 3.20. The van der Waals surface area contributed by atoms with E-state index in [2.05, 4.69) is 44.7 Å². The lowest BCUT2D eigenvalue weighted by Gasteiger charge is -2.03. The molecular formula is C12H13Cl. The molecule has 0 spiro atoms.